The zero-order valence-electron chi connectivity index (χ0n) is 8.05. The predicted octanol–water partition coefficient (Wildman–Crippen LogP) is -0.269. The quantitative estimate of drug-likeness (QED) is 0.615. The fourth-order valence-corrected chi connectivity index (χ4v) is 0.999. The molecule has 0 amide bonds. The molecule has 1 aromatic heterocycles. The lowest BCUT2D eigenvalue weighted by Gasteiger charge is -2.08. The van der Waals surface area contributed by atoms with E-state index in [0.717, 1.165) is 13.0 Å². The van der Waals surface area contributed by atoms with Crippen LogP contribution in [-0.4, -0.2) is 38.7 Å². The third-order valence-electron chi connectivity index (χ3n) is 1.86. The maximum Gasteiger partial charge on any atom is 0.320 e. The molecule has 0 aromatic carbocycles. The molecule has 1 heterocycles. The number of aliphatic carboxylic acids is 1. The first-order valence-corrected chi connectivity index (χ1v) is 4.50. The van der Waals surface area contributed by atoms with E-state index in [2.05, 4.69) is 15.6 Å². The number of rotatable bonds is 6. The number of carboxylic acid groups (broad SMARTS) is 1. The van der Waals surface area contributed by atoms with E-state index >= 15 is 0 Å². The first kappa shape index (κ1) is 10.6. The first-order chi connectivity index (χ1) is 6.70. The zero-order chi connectivity index (χ0) is 10.4. The van der Waals surface area contributed by atoms with Crippen molar-refractivity contribution in [2.75, 3.05) is 6.54 Å². The monoisotopic (exact) mass is 198 g/mol. The topological polar surface area (TPSA) is 80.0 Å². The smallest absolute Gasteiger partial charge is 0.320 e. The van der Waals surface area contributed by atoms with Crippen LogP contribution in [0.5, 0.6) is 0 Å². The minimum absolute atomic E-state index is 0.495. The summed E-state index contributed by atoms with van der Waals surface area (Å²) in [7, 11) is 0. The second kappa shape index (κ2) is 5.33. The molecule has 0 spiro atoms. The fraction of sp³-hybridized carbons (Fsp3) is 0.625. The lowest BCUT2D eigenvalue weighted by Crippen LogP contribution is -2.34. The molecule has 2 N–H and O–H groups in total. The summed E-state index contributed by atoms with van der Waals surface area (Å²) < 4.78 is 1.72. The van der Waals surface area contributed by atoms with Crippen LogP contribution in [0.25, 0.3) is 0 Å². The second-order valence-corrected chi connectivity index (χ2v) is 3.03. The molecule has 14 heavy (non-hydrogen) atoms. The van der Waals surface area contributed by atoms with Crippen LogP contribution in [0, 0.1) is 0 Å². The van der Waals surface area contributed by atoms with Gasteiger partial charge in [-0.2, -0.15) is 0 Å². The fourth-order valence-electron chi connectivity index (χ4n) is 0.999. The molecule has 1 atom stereocenters. The highest BCUT2D eigenvalue weighted by atomic mass is 16.4. The van der Waals surface area contributed by atoms with Crippen LogP contribution >= 0.6 is 0 Å². The van der Waals surface area contributed by atoms with Crippen LogP contribution in [0.3, 0.4) is 0 Å². The van der Waals surface area contributed by atoms with E-state index in [1.807, 2.05) is 0 Å². The van der Waals surface area contributed by atoms with Crippen molar-refractivity contribution < 1.29 is 9.90 Å². The molecular weight excluding hydrogens is 184 g/mol. The number of aryl methyl sites for hydroxylation is 1. The Bertz CT molecular complexity index is 273. The molecule has 6 heteroatoms. The van der Waals surface area contributed by atoms with E-state index in [0.29, 0.717) is 6.54 Å². The molecule has 0 bridgehead atoms. The zero-order valence-corrected chi connectivity index (χ0v) is 8.05. The lowest BCUT2D eigenvalue weighted by molar-refractivity contribution is -0.138. The Morgan fingerprint density at radius 3 is 3.07 bits per heavy atom. The van der Waals surface area contributed by atoms with Crippen molar-refractivity contribution in [3.8, 4) is 0 Å². The standard InChI is InChI=1S/C8H14N4O2/c1-7(8(13)14)9-3-2-5-12-6-4-10-11-12/h4,6-7,9H,2-3,5H2,1H3,(H,13,14). The summed E-state index contributed by atoms with van der Waals surface area (Å²) in [4.78, 5) is 10.4. The van der Waals surface area contributed by atoms with Gasteiger partial charge in [0.15, 0.2) is 0 Å². The van der Waals surface area contributed by atoms with Crippen molar-refractivity contribution in [2.45, 2.75) is 25.9 Å². The number of carbonyl (C=O) groups is 1. The minimum Gasteiger partial charge on any atom is -0.480 e. The average molecular weight is 198 g/mol. The van der Waals surface area contributed by atoms with Crippen LogP contribution in [-0.2, 0) is 11.3 Å². The molecule has 1 rings (SSSR count). The van der Waals surface area contributed by atoms with Crippen molar-refractivity contribution in [3.63, 3.8) is 0 Å². The molecule has 0 saturated heterocycles. The van der Waals surface area contributed by atoms with Crippen LogP contribution in [0.4, 0.5) is 0 Å². The summed E-state index contributed by atoms with van der Waals surface area (Å²) in [6.07, 6.45) is 4.23. The maximum atomic E-state index is 10.4. The summed E-state index contributed by atoms with van der Waals surface area (Å²) in [5.74, 6) is -0.828. The lowest BCUT2D eigenvalue weighted by atomic mass is 10.3. The van der Waals surface area contributed by atoms with E-state index in [9.17, 15) is 4.79 Å². The van der Waals surface area contributed by atoms with Crippen LogP contribution in [0.1, 0.15) is 13.3 Å². The number of aromatic nitrogens is 3. The van der Waals surface area contributed by atoms with Gasteiger partial charge >= 0.3 is 5.97 Å². The summed E-state index contributed by atoms with van der Waals surface area (Å²) in [5.41, 5.74) is 0. The number of nitrogens with one attached hydrogen (secondary N) is 1. The van der Waals surface area contributed by atoms with Gasteiger partial charge < -0.3 is 10.4 Å². The summed E-state index contributed by atoms with van der Waals surface area (Å²) in [5, 5.41) is 18.9. The van der Waals surface area contributed by atoms with Gasteiger partial charge in [0.05, 0.1) is 6.20 Å². The minimum atomic E-state index is -0.828. The van der Waals surface area contributed by atoms with Gasteiger partial charge in [-0.05, 0) is 19.9 Å². The average Bonchev–Trinajstić information content (AvgIpc) is 2.64. The van der Waals surface area contributed by atoms with E-state index in [1.165, 1.54) is 0 Å². The highest BCUT2D eigenvalue weighted by Gasteiger charge is 2.08. The van der Waals surface area contributed by atoms with Gasteiger partial charge in [-0.1, -0.05) is 5.21 Å². The Kier molecular flexibility index (Phi) is 4.06. The van der Waals surface area contributed by atoms with E-state index < -0.39 is 12.0 Å². The summed E-state index contributed by atoms with van der Waals surface area (Å²) in [6, 6.07) is -0.495. The Labute approximate surface area is 81.9 Å². The molecule has 1 unspecified atom stereocenters. The number of carboxylic acids is 1. The van der Waals surface area contributed by atoms with Gasteiger partial charge in [0, 0.05) is 12.7 Å². The maximum absolute atomic E-state index is 10.4. The van der Waals surface area contributed by atoms with E-state index in [4.69, 9.17) is 5.11 Å². The largest absolute Gasteiger partial charge is 0.480 e. The molecule has 0 aliphatic rings. The Morgan fingerprint density at radius 1 is 1.71 bits per heavy atom. The van der Waals surface area contributed by atoms with E-state index in [1.54, 1.807) is 24.0 Å². The normalized spacial score (nSPS) is 12.6. The van der Waals surface area contributed by atoms with Gasteiger partial charge in [-0.15, -0.1) is 5.10 Å². The van der Waals surface area contributed by atoms with Crippen molar-refractivity contribution in [1.82, 2.24) is 20.3 Å². The van der Waals surface area contributed by atoms with Crippen molar-refractivity contribution in [1.29, 1.82) is 0 Å². The molecule has 1 aromatic rings. The van der Waals surface area contributed by atoms with E-state index in [-0.39, 0.29) is 0 Å². The Hall–Kier alpha value is -1.43. The number of hydrogen-bond donors (Lipinski definition) is 2. The SMILES string of the molecule is CC(NCCCn1ccnn1)C(=O)O. The van der Waals surface area contributed by atoms with Crippen molar-refractivity contribution in [2.24, 2.45) is 0 Å². The Morgan fingerprint density at radius 2 is 2.50 bits per heavy atom. The molecule has 0 aliphatic heterocycles. The molecule has 78 valence electrons. The molecule has 0 saturated carbocycles. The van der Waals surface area contributed by atoms with Gasteiger partial charge in [0.2, 0.25) is 0 Å². The molecule has 0 radical (unpaired) electrons. The molecule has 6 nitrogen and oxygen atoms in total. The summed E-state index contributed by atoms with van der Waals surface area (Å²) in [6.45, 7) is 3.03. The summed E-state index contributed by atoms with van der Waals surface area (Å²) >= 11 is 0. The first-order valence-electron chi connectivity index (χ1n) is 4.50. The Balaban J connectivity index is 2.08. The van der Waals surface area contributed by atoms with Gasteiger partial charge in [-0.3, -0.25) is 9.48 Å². The number of nitrogens with zero attached hydrogens (tertiary/aromatic N) is 3. The third kappa shape index (κ3) is 3.53. The number of hydrogen-bond acceptors (Lipinski definition) is 4. The second-order valence-electron chi connectivity index (χ2n) is 3.03. The molecule has 0 aliphatic carbocycles. The highest BCUT2D eigenvalue weighted by Crippen LogP contribution is 1.87. The molecule has 0 fully saturated rings. The van der Waals surface area contributed by atoms with Crippen LogP contribution in [0.15, 0.2) is 12.4 Å². The van der Waals surface area contributed by atoms with Crippen LogP contribution in [0.2, 0.25) is 0 Å². The van der Waals surface area contributed by atoms with Crippen molar-refractivity contribution >= 4 is 5.97 Å². The van der Waals surface area contributed by atoms with Crippen LogP contribution < -0.4 is 5.32 Å². The predicted molar refractivity (Wildman–Crippen MR) is 49.7 cm³/mol. The highest BCUT2D eigenvalue weighted by molar-refractivity contribution is 5.72. The van der Waals surface area contributed by atoms with Gasteiger partial charge in [0.1, 0.15) is 6.04 Å². The van der Waals surface area contributed by atoms with Crippen molar-refractivity contribution in [3.05, 3.63) is 12.4 Å². The third-order valence-corrected chi connectivity index (χ3v) is 1.86. The van der Waals surface area contributed by atoms with Gasteiger partial charge in [0.25, 0.3) is 0 Å². The molecular formula is C8H14N4O2. The van der Waals surface area contributed by atoms with Gasteiger partial charge in [-0.25, -0.2) is 0 Å².